The summed E-state index contributed by atoms with van der Waals surface area (Å²) in [6.07, 6.45) is 5.68. The number of nitrogen functional groups attached to an aromatic ring is 1. The van der Waals surface area contributed by atoms with Crippen LogP contribution in [-0.4, -0.2) is 18.5 Å². The van der Waals surface area contributed by atoms with Crippen molar-refractivity contribution in [1.82, 2.24) is 4.90 Å². The van der Waals surface area contributed by atoms with E-state index in [4.69, 9.17) is 5.73 Å². The molecule has 1 aliphatic rings. The summed E-state index contributed by atoms with van der Waals surface area (Å²) in [5.41, 5.74) is 7.93. The molecule has 17 heavy (non-hydrogen) atoms. The Kier molecular flexibility index (Phi) is 4.06. The molecule has 2 nitrogen and oxygen atoms in total. The van der Waals surface area contributed by atoms with Crippen molar-refractivity contribution in [3.8, 4) is 0 Å². The minimum Gasteiger partial charge on any atom is -0.399 e. The van der Waals surface area contributed by atoms with Crippen molar-refractivity contribution >= 4 is 5.69 Å². The zero-order chi connectivity index (χ0) is 12.3. The molecule has 2 rings (SSSR count). The van der Waals surface area contributed by atoms with E-state index >= 15 is 0 Å². The van der Waals surface area contributed by atoms with Crippen LogP contribution in [0.1, 0.15) is 44.2 Å². The van der Waals surface area contributed by atoms with Gasteiger partial charge in [0.2, 0.25) is 0 Å². The van der Waals surface area contributed by atoms with E-state index in [1.54, 1.807) is 0 Å². The molecule has 0 aromatic heterocycles. The fourth-order valence-corrected chi connectivity index (χ4v) is 2.79. The fraction of sp³-hybridized carbons (Fsp3) is 0.600. The third kappa shape index (κ3) is 3.22. The molecule has 0 radical (unpaired) electrons. The number of nitrogens with two attached hydrogens (primary N) is 1. The largest absolute Gasteiger partial charge is 0.399 e. The van der Waals surface area contributed by atoms with Crippen LogP contribution < -0.4 is 5.73 Å². The second kappa shape index (κ2) is 5.54. The van der Waals surface area contributed by atoms with Gasteiger partial charge in [0.15, 0.2) is 0 Å². The summed E-state index contributed by atoms with van der Waals surface area (Å²) >= 11 is 0. The van der Waals surface area contributed by atoms with Gasteiger partial charge in [-0.3, -0.25) is 4.90 Å². The Bertz CT molecular complexity index is 338. The van der Waals surface area contributed by atoms with Crippen LogP contribution >= 0.6 is 0 Å². The van der Waals surface area contributed by atoms with Gasteiger partial charge >= 0.3 is 0 Å². The molecule has 2 heteroatoms. The standard InChI is InChI=1S/C15H24N2/c1-12(14-7-9-15(16)10-8-14)17(2)11-13-5-3-4-6-13/h7-10,12-13H,3-6,11,16H2,1-2H3. The summed E-state index contributed by atoms with van der Waals surface area (Å²) in [5.74, 6) is 0.913. The van der Waals surface area contributed by atoms with Gasteiger partial charge in [0.25, 0.3) is 0 Å². The molecule has 2 N–H and O–H groups in total. The van der Waals surface area contributed by atoms with Crippen LogP contribution in [0.5, 0.6) is 0 Å². The van der Waals surface area contributed by atoms with Gasteiger partial charge in [-0.15, -0.1) is 0 Å². The molecule has 1 unspecified atom stereocenters. The first-order chi connectivity index (χ1) is 8.16. The summed E-state index contributed by atoms with van der Waals surface area (Å²) < 4.78 is 0. The molecule has 0 saturated heterocycles. The maximum absolute atomic E-state index is 5.72. The molecule has 1 aromatic rings. The van der Waals surface area contributed by atoms with E-state index in [0.717, 1.165) is 11.6 Å². The van der Waals surface area contributed by atoms with Crippen molar-refractivity contribution in [2.75, 3.05) is 19.3 Å². The molecule has 0 aliphatic heterocycles. The molecule has 94 valence electrons. The second-order valence-corrected chi connectivity index (χ2v) is 5.43. The van der Waals surface area contributed by atoms with Crippen LogP contribution in [-0.2, 0) is 0 Å². The molecular formula is C15H24N2. The smallest absolute Gasteiger partial charge is 0.0316 e. The lowest BCUT2D eigenvalue weighted by Gasteiger charge is -2.27. The van der Waals surface area contributed by atoms with E-state index in [1.165, 1.54) is 37.8 Å². The average Bonchev–Trinajstić information content (AvgIpc) is 2.82. The Hall–Kier alpha value is -1.02. The lowest BCUT2D eigenvalue weighted by Crippen LogP contribution is -2.27. The summed E-state index contributed by atoms with van der Waals surface area (Å²) in [6, 6.07) is 8.76. The molecule has 0 heterocycles. The number of hydrogen-bond donors (Lipinski definition) is 1. The zero-order valence-corrected chi connectivity index (χ0v) is 11.0. The highest BCUT2D eigenvalue weighted by Gasteiger charge is 2.19. The maximum atomic E-state index is 5.72. The first-order valence-electron chi connectivity index (χ1n) is 6.72. The Labute approximate surface area is 105 Å². The SMILES string of the molecule is CC(c1ccc(N)cc1)N(C)CC1CCCC1. The molecule has 1 aliphatic carbocycles. The van der Waals surface area contributed by atoms with Crippen molar-refractivity contribution in [2.24, 2.45) is 5.92 Å². The summed E-state index contributed by atoms with van der Waals surface area (Å²) in [4.78, 5) is 2.47. The predicted molar refractivity (Wildman–Crippen MR) is 73.9 cm³/mol. The van der Waals surface area contributed by atoms with Gasteiger partial charge in [0.1, 0.15) is 0 Å². The molecule has 0 amide bonds. The quantitative estimate of drug-likeness (QED) is 0.806. The van der Waals surface area contributed by atoms with Crippen LogP contribution in [0.3, 0.4) is 0 Å². The number of rotatable bonds is 4. The van der Waals surface area contributed by atoms with Crippen LogP contribution in [0.4, 0.5) is 5.69 Å². The van der Waals surface area contributed by atoms with E-state index in [0.29, 0.717) is 6.04 Å². The Morgan fingerprint density at radius 1 is 1.24 bits per heavy atom. The molecular weight excluding hydrogens is 208 g/mol. The van der Waals surface area contributed by atoms with Gasteiger partial charge in [0, 0.05) is 18.3 Å². The molecule has 1 fully saturated rings. The highest BCUT2D eigenvalue weighted by Crippen LogP contribution is 2.28. The predicted octanol–water partition coefficient (Wildman–Crippen LogP) is 3.45. The van der Waals surface area contributed by atoms with Gasteiger partial charge in [-0.1, -0.05) is 25.0 Å². The number of hydrogen-bond acceptors (Lipinski definition) is 2. The number of anilines is 1. The summed E-state index contributed by atoms with van der Waals surface area (Å²) in [6.45, 7) is 3.51. The maximum Gasteiger partial charge on any atom is 0.0316 e. The van der Waals surface area contributed by atoms with Gasteiger partial charge in [0.05, 0.1) is 0 Å². The van der Waals surface area contributed by atoms with Crippen LogP contribution in [0.25, 0.3) is 0 Å². The van der Waals surface area contributed by atoms with E-state index in [2.05, 4.69) is 31.0 Å². The molecule has 0 spiro atoms. The third-order valence-corrected chi connectivity index (χ3v) is 4.10. The van der Waals surface area contributed by atoms with Gasteiger partial charge in [-0.05, 0) is 50.4 Å². The highest BCUT2D eigenvalue weighted by molar-refractivity contribution is 5.40. The summed E-state index contributed by atoms with van der Waals surface area (Å²) in [5, 5.41) is 0. The Morgan fingerprint density at radius 2 is 1.82 bits per heavy atom. The topological polar surface area (TPSA) is 29.3 Å². The number of nitrogens with zero attached hydrogens (tertiary/aromatic N) is 1. The average molecular weight is 232 g/mol. The van der Waals surface area contributed by atoms with E-state index in [9.17, 15) is 0 Å². The van der Waals surface area contributed by atoms with Crippen LogP contribution in [0.2, 0.25) is 0 Å². The fourth-order valence-electron chi connectivity index (χ4n) is 2.79. The van der Waals surface area contributed by atoms with Crippen molar-refractivity contribution in [3.63, 3.8) is 0 Å². The Morgan fingerprint density at radius 3 is 2.41 bits per heavy atom. The van der Waals surface area contributed by atoms with E-state index < -0.39 is 0 Å². The lowest BCUT2D eigenvalue weighted by atomic mass is 10.0. The van der Waals surface area contributed by atoms with Gasteiger partial charge in [-0.2, -0.15) is 0 Å². The lowest BCUT2D eigenvalue weighted by molar-refractivity contribution is 0.221. The van der Waals surface area contributed by atoms with E-state index in [-0.39, 0.29) is 0 Å². The normalized spacial score (nSPS) is 18.8. The molecule has 1 saturated carbocycles. The molecule has 0 bridgehead atoms. The monoisotopic (exact) mass is 232 g/mol. The van der Waals surface area contributed by atoms with Crippen LogP contribution in [0.15, 0.2) is 24.3 Å². The van der Waals surface area contributed by atoms with E-state index in [1.807, 2.05) is 12.1 Å². The second-order valence-electron chi connectivity index (χ2n) is 5.43. The molecule has 1 aromatic carbocycles. The summed E-state index contributed by atoms with van der Waals surface area (Å²) in [7, 11) is 2.24. The van der Waals surface area contributed by atoms with Gasteiger partial charge < -0.3 is 5.73 Å². The van der Waals surface area contributed by atoms with Crippen LogP contribution in [0, 0.1) is 5.92 Å². The minimum atomic E-state index is 0.483. The Balaban J connectivity index is 1.93. The third-order valence-electron chi connectivity index (χ3n) is 4.10. The van der Waals surface area contributed by atoms with Crippen molar-refractivity contribution in [3.05, 3.63) is 29.8 Å². The van der Waals surface area contributed by atoms with Crippen molar-refractivity contribution in [1.29, 1.82) is 0 Å². The number of benzene rings is 1. The van der Waals surface area contributed by atoms with Gasteiger partial charge in [-0.25, -0.2) is 0 Å². The highest BCUT2D eigenvalue weighted by atomic mass is 15.1. The van der Waals surface area contributed by atoms with Crippen molar-refractivity contribution in [2.45, 2.75) is 38.6 Å². The van der Waals surface area contributed by atoms with Crippen molar-refractivity contribution < 1.29 is 0 Å². The first kappa shape index (κ1) is 12.4. The zero-order valence-electron chi connectivity index (χ0n) is 11.0. The minimum absolute atomic E-state index is 0.483. The first-order valence-corrected chi connectivity index (χ1v) is 6.72. The molecule has 1 atom stereocenters.